The Bertz CT molecular complexity index is 780. The molecular weight excluding hydrogens is 441 g/mol. The Morgan fingerprint density at radius 2 is 1.88 bits per heavy atom. The van der Waals surface area contributed by atoms with Crippen molar-refractivity contribution in [1.29, 1.82) is 0 Å². The van der Waals surface area contributed by atoms with E-state index in [1.54, 1.807) is 43.5 Å². The number of hydrogen-bond donors (Lipinski definition) is 2. The van der Waals surface area contributed by atoms with Crippen LogP contribution in [0.15, 0.2) is 64.5 Å². The smallest absolute Gasteiger partial charge is 0.193 e. The van der Waals surface area contributed by atoms with E-state index in [9.17, 15) is 8.42 Å². The Morgan fingerprint density at radius 3 is 2.54 bits per heavy atom. The SMILES string of the molecule is COc1cccc(NC(N)=NCCS(=O)(=O)c2ccccc2)c1.I. The molecule has 130 valence electrons. The number of ether oxygens (including phenoxy) is 1. The number of nitrogens with one attached hydrogen (secondary N) is 1. The first-order valence-electron chi connectivity index (χ1n) is 7.00. The summed E-state index contributed by atoms with van der Waals surface area (Å²) in [6.07, 6.45) is 0. The van der Waals surface area contributed by atoms with Gasteiger partial charge in [0, 0.05) is 11.8 Å². The second-order valence-electron chi connectivity index (χ2n) is 4.76. The molecule has 0 aliphatic rings. The molecule has 24 heavy (non-hydrogen) atoms. The molecule has 0 unspecified atom stereocenters. The maximum absolute atomic E-state index is 12.1. The van der Waals surface area contributed by atoms with E-state index in [4.69, 9.17) is 10.5 Å². The van der Waals surface area contributed by atoms with Crippen molar-refractivity contribution < 1.29 is 13.2 Å². The Hall–Kier alpha value is -1.81. The van der Waals surface area contributed by atoms with Crippen molar-refractivity contribution in [1.82, 2.24) is 0 Å². The summed E-state index contributed by atoms with van der Waals surface area (Å²) in [6, 6.07) is 15.5. The zero-order valence-electron chi connectivity index (χ0n) is 13.2. The third-order valence-electron chi connectivity index (χ3n) is 3.09. The molecule has 0 bridgehead atoms. The molecule has 0 fully saturated rings. The summed E-state index contributed by atoms with van der Waals surface area (Å²) < 4.78 is 29.3. The Kier molecular flexibility index (Phi) is 7.99. The molecule has 0 amide bonds. The van der Waals surface area contributed by atoms with Gasteiger partial charge in [-0.2, -0.15) is 0 Å². The van der Waals surface area contributed by atoms with E-state index in [2.05, 4.69) is 10.3 Å². The molecule has 6 nitrogen and oxygen atoms in total. The van der Waals surface area contributed by atoms with Crippen LogP contribution < -0.4 is 15.8 Å². The number of methoxy groups -OCH3 is 1. The van der Waals surface area contributed by atoms with Crippen LogP contribution >= 0.6 is 24.0 Å². The Morgan fingerprint density at radius 1 is 1.17 bits per heavy atom. The summed E-state index contributed by atoms with van der Waals surface area (Å²) in [6.45, 7) is 0.0834. The van der Waals surface area contributed by atoms with Crippen LogP contribution in [0.1, 0.15) is 0 Å². The quantitative estimate of drug-likeness (QED) is 0.392. The third-order valence-corrected chi connectivity index (χ3v) is 4.80. The Labute approximate surface area is 159 Å². The van der Waals surface area contributed by atoms with Crippen molar-refractivity contribution in [3.63, 3.8) is 0 Å². The van der Waals surface area contributed by atoms with Crippen LogP contribution in [0.25, 0.3) is 0 Å². The lowest BCUT2D eigenvalue weighted by Crippen LogP contribution is -2.24. The monoisotopic (exact) mass is 461 g/mol. The van der Waals surface area contributed by atoms with Crippen LogP contribution in [0.4, 0.5) is 5.69 Å². The minimum atomic E-state index is -3.35. The summed E-state index contributed by atoms with van der Waals surface area (Å²) in [4.78, 5) is 4.34. The zero-order valence-corrected chi connectivity index (χ0v) is 16.3. The molecule has 2 rings (SSSR count). The molecule has 2 aromatic carbocycles. The number of anilines is 1. The van der Waals surface area contributed by atoms with Gasteiger partial charge in [-0.1, -0.05) is 24.3 Å². The second kappa shape index (κ2) is 9.48. The topological polar surface area (TPSA) is 93.8 Å². The predicted octanol–water partition coefficient (Wildman–Crippen LogP) is 2.51. The molecule has 0 atom stereocenters. The van der Waals surface area contributed by atoms with Gasteiger partial charge < -0.3 is 15.8 Å². The van der Waals surface area contributed by atoms with Crippen molar-refractivity contribution in [3.05, 3.63) is 54.6 Å². The number of nitrogens with zero attached hydrogens (tertiary/aromatic N) is 1. The highest BCUT2D eigenvalue weighted by atomic mass is 127. The first kappa shape index (κ1) is 20.2. The van der Waals surface area contributed by atoms with E-state index in [1.165, 1.54) is 0 Å². The normalized spacial score (nSPS) is 11.5. The number of hydrogen-bond acceptors (Lipinski definition) is 4. The average molecular weight is 461 g/mol. The van der Waals surface area contributed by atoms with Crippen molar-refractivity contribution in [2.45, 2.75) is 4.90 Å². The van der Waals surface area contributed by atoms with Gasteiger partial charge in [0.2, 0.25) is 0 Å². The lowest BCUT2D eigenvalue weighted by atomic mass is 10.3. The maximum Gasteiger partial charge on any atom is 0.193 e. The molecule has 0 aliphatic heterocycles. The molecular formula is C16H20IN3O3S. The van der Waals surface area contributed by atoms with E-state index in [0.717, 1.165) is 5.69 Å². The van der Waals surface area contributed by atoms with E-state index in [0.29, 0.717) is 5.75 Å². The number of nitrogens with two attached hydrogens (primary N) is 1. The zero-order chi connectivity index (χ0) is 16.7. The molecule has 3 N–H and O–H groups in total. The summed E-state index contributed by atoms with van der Waals surface area (Å²) in [7, 11) is -1.78. The minimum Gasteiger partial charge on any atom is -0.497 e. The standard InChI is InChI=1S/C16H19N3O3S.HI/c1-22-14-7-5-6-13(12-14)19-16(17)18-10-11-23(20,21)15-8-3-2-4-9-15;/h2-9,12H,10-11H2,1H3,(H3,17,18,19);1H. The number of guanidine groups is 1. The molecule has 0 spiro atoms. The van der Waals surface area contributed by atoms with Gasteiger partial charge in [-0.3, -0.25) is 4.99 Å². The molecule has 0 heterocycles. The summed E-state index contributed by atoms with van der Waals surface area (Å²) in [5.41, 5.74) is 6.49. The van der Waals surface area contributed by atoms with E-state index < -0.39 is 9.84 Å². The van der Waals surface area contributed by atoms with E-state index in [-0.39, 0.29) is 47.1 Å². The lowest BCUT2D eigenvalue weighted by Gasteiger charge is -2.07. The largest absolute Gasteiger partial charge is 0.497 e. The first-order valence-corrected chi connectivity index (χ1v) is 8.65. The van der Waals surface area contributed by atoms with Crippen molar-refractivity contribution in [2.75, 3.05) is 24.7 Å². The lowest BCUT2D eigenvalue weighted by molar-refractivity contribution is 0.415. The summed E-state index contributed by atoms with van der Waals surface area (Å²) >= 11 is 0. The summed E-state index contributed by atoms with van der Waals surface area (Å²) in [5.74, 6) is 0.744. The van der Waals surface area contributed by atoms with Crippen LogP contribution in [-0.4, -0.2) is 33.8 Å². The molecule has 8 heteroatoms. The highest BCUT2D eigenvalue weighted by Gasteiger charge is 2.12. The van der Waals surface area contributed by atoms with Crippen LogP contribution in [0, 0.1) is 0 Å². The number of halogens is 1. The van der Waals surface area contributed by atoms with Gasteiger partial charge in [0.1, 0.15) is 5.75 Å². The number of aliphatic imine (C=N–C) groups is 1. The van der Waals surface area contributed by atoms with Gasteiger partial charge in [-0.05, 0) is 24.3 Å². The molecule has 2 aromatic rings. The molecule has 0 aromatic heterocycles. The van der Waals surface area contributed by atoms with Crippen molar-refractivity contribution >= 4 is 45.5 Å². The van der Waals surface area contributed by atoms with E-state index >= 15 is 0 Å². The van der Waals surface area contributed by atoms with Gasteiger partial charge in [0.05, 0.1) is 24.3 Å². The Balaban J connectivity index is 0.00000288. The number of benzene rings is 2. The summed E-state index contributed by atoms with van der Waals surface area (Å²) in [5, 5.41) is 2.90. The molecule has 0 radical (unpaired) electrons. The van der Waals surface area contributed by atoms with Crippen molar-refractivity contribution in [3.8, 4) is 5.75 Å². The van der Waals surface area contributed by atoms with Crippen LogP contribution in [0.5, 0.6) is 5.75 Å². The molecule has 0 saturated heterocycles. The highest BCUT2D eigenvalue weighted by Crippen LogP contribution is 2.16. The van der Waals surface area contributed by atoms with Gasteiger partial charge in [-0.25, -0.2) is 8.42 Å². The third kappa shape index (κ3) is 6.00. The fourth-order valence-electron chi connectivity index (χ4n) is 1.92. The van der Waals surface area contributed by atoms with Gasteiger partial charge in [-0.15, -0.1) is 24.0 Å². The van der Waals surface area contributed by atoms with Gasteiger partial charge in [0.25, 0.3) is 0 Å². The van der Waals surface area contributed by atoms with Gasteiger partial charge >= 0.3 is 0 Å². The van der Waals surface area contributed by atoms with Crippen LogP contribution in [0.3, 0.4) is 0 Å². The maximum atomic E-state index is 12.1. The van der Waals surface area contributed by atoms with Gasteiger partial charge in [0.15, 0.2) is 15.8 Å². The fourth-order valence-corrected chi connectivity index (χ4v) is 3.06. The fraction of sp³-hybridized carbons (Fsp3) is 0.188. The average Bonchev–Trinajstić information content (AvgIpc) is 2.55. The molecule has 0 saturated carbocycles. The van der Waals surface area contributed by atoms with Crippen LogP contribution in [0.2, 0.25) is 0 Å². The van der Waals surface area contributed by atoms with Crippen molar-refractivity contribution in [2.24, 2.45) is 10.7 Å². The number of sulfone groups is 1. The molecule has 0 aliphatic carbocycles. The first-order chi connectivity index (χ1) is 11.0. The van der Waals surface area contributed by atoms with E-state index in [1.807, 2.05) is 18.2 Å². The second-order valence-corrected chi connectivity index (χ2v) is 6.86. The number of rotatable bonds is 6. The highest BCUT2D eigenvalue weighted by molar-refractivity contribution is 14.0. The predicted molar refractivity (Wildman–Crippen MR) is 107 cm³/mol. The minimum absolute atomic E-state index is 0. The van der Waals surface area contributed by atoms with Crippen LogP contribution in [-0.2, 0) is 9.84 Å².